The molecule has 0 spiro atoms. The molecule has 1 saturated heterocycles. The number of hydrogen-bond donors (Lipinski definition) is 1. The number of β-amino-alcohol motifs (C(OH)–C–C–N with tert-alkyl or cyclic N) is 1. The molecule has 1 aliphatic rings. The van der Waals surface area contributed by atoms with Crippen LogP contribution in [0.2, 0.25) is 0 Å². The lowest BCUT2D eigenvalue weighted by Gasteiger charge is -2.21. The molecule has 1 atom stereocenters. The predicted molar refractivity (Wildman–Crippen MR) is 98.5 cm³/mol. The molecule has 6 heteroatoms. The van der Waals surface area contributed by atoms with E-state index < -0.39 is 6.10 Å². The normalized spacial score (nSPS) is 18.1. The zero-order valence-corrected chi connectivity index (χ0v) is 14.6. The summed E-state index contributed by atoms with van der Waals surface area (Å²) in [5, 5.41) is 9.86. The first kappa shape index (κ1) is 16.8. The van der Waals surface area contributed by atoms with Gasteiger partial charge < -0.3 is 14.7 Å². The number of para-hydroxylation sites is 1. The molecular weight excluding hydrogens is 330 g/mol. The van der Waals surface area contributed by atoms with Gasteiger partial charge in [-0.05, 0) is 37.3 Å². The number of fused-ring (bicyclic) bond motifs is 1. The highest BCUT2D eigenvalue weighted by Gasteiger charge is 2.22. The van der Waals surface area contributed by atoms with Crippen molar-refractivity contribution in [1.82, 2.24) is 14.5 Å². The zero-order valence-electron chi connectivity index (χ0n) is 14.6. The number of carbonyl (C=O) groups excluding carboxylic acids is 1. The number of imidazole rings is 1. The second-order valence-electron chi connectivity index (χ2n) is 6.51. The van der Waals surface area contributed by atoms with E-state index >= 15 is 0 Å². The van der Waals surface area contributed by atoms with E-state index in [0.29, 0.717) is 18.7 Å². The number of aryl methyl sites for hydroxylation is 1. The van der Waals surface area contributed by atoms with E-state index in [2.05, 4.69) is 9.55 Å². The summed E-state index contributed by atoms with van der Waals surface area (Å²) < 4.78 is 7.38. The van der Waals surface area contributed by atoms with Crippen LogP contribution >= 0.6 is 0 Å². The number of benzene rings is 2. The summed E-state index contributed by atoms with van der Waals surface area (Å²) in [5.41, 5.74) is 3.36. The fraction of sp³-hybridized carbons (Fsp3) is 0.300. The van der Waals surface area contributed by atoms with Crippen LogP contribution in [0.25, 0.3) is 16.7 Å². The topological polar surface area (TPSA) is 67.6 Å². The SMILES string of the molecule is Cc1nc2cc(C(=O)N3CCOCC(O)C3)ccc2n1-c1ccccc1. The number of carbonyl (C=O) groups is 1. The maximum absolute atomic E-state index is 12.8. The summed E-state index contributed by atoms with van der Waals surface area (Å²) in [6.07, 6.45) is -0.648. The largest absolute Gasteiger partial charge is 0.389 e. The minimum absolute atomic E-state index is 0.108. The molecule has 1 N–H and O–H groups in total. The number of aliphatic hydroxyl groups is 1. The van der Waals surface area contributed by atoms with Crippen LogP contribution in [0.5, 0.6) is 0 Å². The van der Waals surface area contributed by atoms with Gasteiger partial charge in [0.1, 0.15) is 5.82 Å². The third-order valence-corrected chi connectivity index (χ3v) is 4.62. The van der Waals surface area contributed by atoms with Crippen molar-refractivity contribution in [2.75, 3.05) is 26.3 Å². The van der Waals surface area contributed by atoms with Gasteiger partial charge in [-0.3, -0.25) is 9.36 Å². The molecule has 1 unspecified atom stereocenters. The number of amides is 1. The van der Waals surface area contributed by atoms with Crippen LogP contribution in [-0.2, 0) is 4.74 Å². The maximum atomic E-state index is 12.8. The molecular formula is C20H21N3O3. The van der Waals surface area contributed by atoms with Crippen molar-refractivity contribution in [1.29, 1.82) is 0 Å². The van der Waals surface area contributed by atoms with Crippen LogP contribution in [0.15, 0.2) is 48.5 Å². The third-order valence-electron chi connectivity index (χ3n) is 4.62. The fourth-order valence-corrected chi connectivity index (χ4v) is 3.40. The molecule has 134 valence electrons. The first-order valence-electron chi connectivity index (χ1n) is 8.73. The number of hydrogen-bond acceptors (Lipinski definition) is 4. The summed E-state index contributed by atoms with van der Waals surface area (Å²) in [7, 11) is 0. The fourth-order valence-electron chi connectivity index (χ4n) is 3.40. The minimum Gasteiger partial charge on any atom is -0.389 e. The first-order chi connectivity index (χ1) is 12.6. The Bertz CT molecular complexity index is 936. The van der Waals surface area contributed by atoms with Crippen molar-refractivity contribution >= 4 is 16.9 Å². The number of ether oxygens (including phenoxy) is 1. The number of nitrogens with zero attached hydrogens (tertiary/aromatic N) is 3. The third kappa shape index (κ3) is 3.09. The van der Waals surface area contributed by atoms with Crippen molar-refractivity contribution in [3.63, 3.8) is 0 Å². The molecule has 0 bridgehead atoms. The second kappa shape index (κ2) is 6.90. The molecule has 1 fully saturated rings. The molecule has 2 aromatic carbocycles. The molecule has 26 heavy (non-hydrogen) atoms. The van der Waals surface area contributed by atoms with Gasteiger partial charge in [0.05, 0.1) is 30.4 Å². The molecule has 6 nitrogen and oxygen atoms in total. The van der Waals surface area contributed by atoms with Crippen LogP contribution in [0.4, 0.5) is 0 Å². The Kier molecular flexibility index (Phi) is 4.44. The predicted octanol–water partition coefficient (Wildman–Crippen LogP) is 2.17. The minimum atomic E-state index is -0.648. The van der Waals surface area contributed by atoms with Crippen molar-refractivity contribution < 1.29 is 14.6 Å². The molecule has 0 radical (unpaired) electrons. The van der Waals surface area contributed by atoms with Crippen LogP contribution in [0.3, 0.4) is 0 Å². The highest BCUT2D eigenvalue weighted by atomic mass is 16.5. The van der Waals surface area contributed by atoms with E-state index in [9.17, 15) is 9.90 Å². The van der Waals surface area contributed by atoms with Gasteiger partial charge in [0, 0.05) is 24.3 Å². The Balaban J connectivity index is 1.69. The molecule has 1 aromatic heterocycles. The Morgan fingerprint density at radius 2 is 2.04 bits per heavy atom. The lowest BCUT2D eigenvalue weighted by Crippen LogP contribution is -2.37. The summed E-state index contributed by atoms with van der Waals surface area (Å²) in [6, 6.07) is 15.6. The van der Waals surface area contributed by atoms with Crippen molar-refractivity contribution in [2.45, 2.75) is 13.0 Å². The van der Waals surface area contributed by atoms with E-state index in [1.165, 1.54) is 0 Å². The molecule has 0 saturated carbocycles. The van der Waals surface area contributed by atoms with Gasteiger partial charge in [0.25, 0.3) is 5.91 Å². The molecule has 2 heterocycles. The molecule has 1 aliphatic heterocycles. The highest BCUT2D eigenvalue weighted by Crippen LogP contribution is 2.23. The number of aromatic nitrogens is 2. The van der Waals surface area contributed by atoms with Gasteiger partial charge in [-0.1, -0.05) is 18.2 Å². The average molecular weight is 351 g/mol. The Morgan fingerprint density at radius 1 is 1.23 bits per heavy atom. The smallest absolute Gasteiger partial charge is 0.254 e. The number of rotatable bonds is 2. The lowest BCUT2D eigenvalue weighted by atomic mass is 10.1. The molecule has 3 aromatic rings. The van der Waals surface area contributed by atoms with Gasteiger partial charge >= 0.3 is 0 Å². The summed E-state index contributed by atoms with van der Waals surface area (Å²) >= 11 is 0. The Hall–Kier alpha value is -2.70. The summed E-state index contributed by atoms with van der Waals surface area (Å²) in [5.74, 6) is 0.762. The highest BCUT2D eigenvalue weighted by molar-refractivity contribution is 5.97. The standard InChI is InChI=1S/C20H21N3O3/c1-14-21-18-11-15(20(25)22-9-10-26-13-17(24)12-22)7-8-19(18)23(14)16-5-3-2-4-6-16/h2-8,11,17,24H,9-10,12-13H2,1H3. The zero-order chi connectivity index (χ0) is 18.1. The van der Waals surface area contributed by atoms with Crippen LogP contribution in [0, 0.1) is 6.92 Å². The van der Waals surface area contributed by atoms with E-state index in [4.69, 9.17) is 4.74 Å². The van der Waals surface area contributed by atoms with Crippen molar-refractivity contribution in [3.05, 3.63) is 59.9 Å². The van der Waals surface area contributed by atoms with Crippen molar-refractivity contribution in [3.8, 4) is 5.69 Å². The van der Waals surface area contributed by atoms with Gasteiger partial charge in [-0.2, -0.15) is 0 Å². The van der Waals surface area contributed by atoms with Gasteiger partial charge in [-0.15, -0.1) is 0 Å². The van der Waals surface area contributed by atoms with Gasteiger partial charge in [0.2, 0.25) is 0 Å². The van der Waals surface area contributed by atoms with E-state index in [1.807, 2.05) is 55.5 Å². The van der Waals surface area contributed by atoms with Crippen LogP contribution < -0.4 is 0 Å². The van der Waals surface area contributed by atoms with E-state index in [0.717, 1.165) is 22.5 Å². The summed E-state index contributed by atoms with van der Waals surface area (Å²) in [6.45, 7) is 3.42. The lowest BCUT2D eigenvalue weighted by molar-refractivity contribution is 0.0534. The Morgan fingerprint density at radius 3 is 2.85 bits per heavy atom. The molecule has 1 amide bonds. The van der Waals surface area contributed by atoms with E-state index in [-0.39, 0.29) is 19.1 Å². The van der Waals surface area contributed by atoms with Gasteiger partial charge in [0.15, 0.2) is 0 Å². The second-order valence-corrected chi connectivity index (χ2v) is 6.51. The number of aliphatic hydroxyl groups excluding tert-OH is 1. The van der Waals surface area contributed by atoms with Crippen molar-refractivity contribution in [2.24, 2.45) is 0 Å². The van der Waals surface area contributed by atoms with Crippen LogP contribution in [0.1, 0.15) is 16.2 Å². The summed E-state index contributed by atoms with van der Waals surface area (Å²) in [4.78, 5) is 19.1. The quantitative estimate of drug-likeness (QED) is 0.768. The Labute approximate surface area is 151 Å². The monoisotopic (exact) mass is 351 g/mol. The van der Waals surface area contributed by atoms with Crippen LogP contribution in [-0.4, -0.2) is 57.9 Å². The average Bonchev–Trinajstić information content (AvgIpc) is 2.82. The van der Waals surface area contributed by atoms with E-state index in [1.54, 1.807) is 4.90 Å². The van der Waals surface area contributed by atoms with Gasteiger partial charge in [-0.25, -0.2) is 4.98 Å². The first-order valence-corrected chi connectivity index (χ1v) is 8.73. The molecule has 0 aliphatic carbocycles. The maximum Gasteiger partial charge on any atom is 0.254 e. The molecule has 4 rings (SSSR count).